The Kier molecular flexibility index (Phi) is 5.15. The van der Waals surface area contributed by atoms with E-state index in [4.69, 9.17) is 4.74 Å². The van der Waals surface area contributed by atoms with Crippen molar-refractivity contribution >= 4 is 10.0 Å². The fourth-order valence-corrected chi connectivity index (χ4v) is 3.67. The number of rotatable bonds is 5. The summed E-state index contributed by atoms with van der Waals surface area (Å²) in [6.45, 7) is 3.30. The molecule has 6 heteroatoms. The first kappa shape index (κ1) is 15.4. The zero-order chi connectivity index (χ0) is 14.6. The van der Waals surface area contributed by atoms with Crippen molar-refractivity contribution in [3.8, 4) is 0 Å². The van der Waals surface area contributed by atoms with Gasteiger partial charge in [-0.25, -0.2) is 13.1 Å². The van der Waals surface area contributed by atoms with E-state index in [2.05, 4.69) is 10.0 Å². The number of ether oxygens (including phenoxy) is 1. The van der Waals surface area contributed by atoms with Gasteiger partial charge >= 0.3 is 0 Å². The SMILES string of the molecule is CNCc1ccc(S(=O)(=O)NC2CCOC(C)C2)cc1. The fraction of sp³-hybridized carbons (Fsp3) is 0.571. The summed E-state index contributed by atoms with van der Waals surface area (Å²) in [6.07, 6.45) is 1.55. The molecule has 1 aromatic rings. The first-order valence-corrected chi connectivity index (χ1v) is 8.37. The highest BCUT2D eigenvalue weighted by Gasteiger charge is 2.24. The molecule has 0 saturated carbocycles. The Morgan fingerprint density at radius 1 is 1.30 bits per heavy atom. The van der Waals surface area contributed by atoms with Crippen LogP contribution < -0.4 is 10.0 Å². The van der Waals surface area contributed by atoms with E-state index in [0.717, 1.165) is 24.9 Å². The largest absolute Gasteiger partial charge is 0.378 e. The molecule has 2 N–H and O–H groups in total. The van der Waals surface area contributed by atoms with Crippen LogP contribution in [0, 0.1) is 0 Å². The van der Waals surface area contributed by atoms with Crippen molar-refractivity contribution in [3.63, 3.8) is 0 Å². The number of hydrogen-bond acceptors (Lipinski definition) is 4. The maximum Gasteiger partial charge on any atom is 0.240 e. The third-order valence-corrected chi connectivity index (χ3v) is 4.96. The lowest BCUT2D eigenvalue weighted by Gasteiger charge is -2.27. The molecule has 1 aromatic carbocycles. The summed E-state index contributed by atoms with van der Waals surface area (Å²) in [5, 5.41) is 3.03. The molecule has 0 aromatic heterocycles. The topological polar surface area (TPSA) is 67.4 Å². The highest BCUT2D eigenvalue weighted by Crippen LogP contribution is 2.17. The van der Waals surface area contributed by atoms with Gasteiger partial charge in [-0.1, -0.05) is 12.1 Å². The molecule has 2 unspecified atom stereocenters. The van der Waals surface area contributed by atoms with Crippen LogP contribution >= 0.6 is 0 Å². The van der Waals surface area contributed by atoms with Crippen molar-refractivity contribution in [2.24, 2.45) is 0 Å². The third-order valence-electron chi connectivity index (χ3n) is 3.42. The summed E-state index contributed by atoms with van der Waals surface area (Å²) < 4.78 is 32.8. The van der Waals surface area contributed by atoms with E-state index in [-0.39, 0.29) is 12.1 Å². The van der Waals surface area contributed by atoms with Gasteiger partial charge in [0, 0.05) is 19.2 Å². The van der Waals surface area contributed by atoms with E-state index in [1.165, 1.54) is 0 Å². The summed E-state index contributed by atoms with van der Waals surface area (Å²) >= 11 is 0. The van der Waals surface area contributed by atoms with Gasteiger partial charge in [0.2, 0.25) is 10.0 Å². The fourth-order valence-electron chi connectivity index (χ4n) is 2.38. The second kappa shape index (κ2) is 6.67. The standard InChI is InChI=1S/C14H22N2O3S/c1-11-9-13(7-8-19-11)16-20(17,18)14-5-3-12(4-6-14)10-15-2/h3-6,11,13,15-16H,7-10H2,1-2H3. The van der Waals surface area contributed by atoms with Gasteiger partial charge in [0.15, 0.2) is 0 Å². The van der Waals surface area contributed by atoms with Gasteiger partial charge in [0.05, 0.1) is 11.0 Å². The lowest BCUT2D eigenvalue weighted by atomic mass is 10.1. The van der Waals surface area contributed by atoms with E-state index >= 15 is 0 Å². The molecular formula is C14H22N2O3S. The van der Waals surface area contributed by atoms with E-state index < -0.39 is 10.0 Å². The second-order valence-corrected chi connectivity index (χ2v) is 6.91. The van der Waals surface area contributed by atoms with Crippen molar-refractivity contribution in [1.82, 2.24) is 10.0 Å². The van der Waals surface area contributed by atoms with Crippen LogP contribution in [0.3, 0.4) is 0 Å². The number of sulfonamides is 1. The molecule has 2 atom stereocenters. The van der Waals surface area contributed by atoms with Gasteiger partial charge in [-0.15, -0.1) is 0 Å². The Morgan fingerprint density at radius 2 is 2.00 bits per heavy atom. The molecule has 0 radical (unpaired) electrons. The van der Waals surface area contributed by atoms with Crippen LogP contribution in [0.2, 0.25) is 0 Å². The molecule has 1 saturated heterocycles. The van der Waals surface area contributed by atoms with E-state index in [9.17, 15) is 8.42 Å². The van der Waals surface area contributed by atoms with Gasteiger partial charge in [0.25, 0.3) is 0 Å². The minimum atomic E-state index is -3.44. The quantitative estimate of drug-likeness (QED) is 0.858. The summed E-state index contributed by atoms with van der Waals surface area (Å²) in [7, 11) is -1.58. The lowest BCUT2D eigenvalue weighted by molar-refractivity contribution is 0.0173. The highest BCUT2D eigenvalue weighted by atomic mass is 32.2. The molecule has 1 heterocycles. The van der Waals surface area contributed by atoms with Crippen LogP contribution in [0.1, 0.15) is 25.3 Å². The normalized spacial score (nSPS) is 23.7. The number of hydrogen-bond donors (Lipinski definition) is 2. The molecule has 1 fully saturated rings. The molecule has 1 aliphatic heterocycles. The van der Waals surface area contributed by atoms with Crippen molar-refractivity contribution in [3.05, 3.63) is 29.8 Å². The zero-order valence-electron chi connectivity index (χ0n) is 11.9. The van der Waals surface area contributed by atoms with Crippen molar-refractivity contribution in [1.29, 1.82) is 0 Å². The molecular weight excluding hydrogens is 276 g/mol. The average Bonchev–Trinajstić information content (AvgIpc) is 2.39. The van der Waals surface area contributed by atoms with Crippen LogP contribution in [0.25, 0.3) is 0 Å². The van der Waals surface area contributed by atoms with Crippen LogP contribution in [0.4, 0.5) is 0 Å². The summed E-state index contributed by atoms with van der Waals surface area (Å²) in [5.41, 5.74) is 1.06. The van der Waals surface area contributed by atoms with Gasteiger partial charge in [-0.2, -0.15) is 0 Å². The molecule has 0 amide bonds. The first-order valence-electron chi connectivity index (χ1n) is 6.89. The Bertz CT molecular complexity index is 528. The Morgan fingerprint density at radius 3 is 2.60 bits per heavy atom. The number of nitrogens with one attached hydrogen (secondary N) is 2. The Balaban J connectivity index is 2.05. The summed E-state index contributed by atoms with van der Waals surface area (Å²) in [4.78, 5) is 0.316. The molecule has 0 spiro atoms. The third kappa shape index (κ3) is 4.02. The molecule has 2 rings (SSSR count). The van der Waals surface area contributed by atoms with Crippen molar-refractivity contribution in [2.75, 3.05) is 13.7 Å². The van der Waals surface area contributed by atoms with E-state index in [1.54, 1.807) is 12.1 Å². The minimum absolute atomic E-state index is 0.0410. The molecule has 112 valence electrons. The van der Waals surface area contributed by atoms with Crippen molar-refractivity contribution < 1.29 is 13.2 Å². The Hall–Kier alpha value is -0.950. The molecule has 0 aliphatic carbocycles. The summed E-state index contributed by atoms with van der Waals surface area (Å²) in [6, 6.07) is 6.92. The maximum absolute atomic E-state index is 12.3. The Labute approximate surface area is 120 Å². The predicted octanol–water partition coefficient (Wildman–Crippen LogP) is 1.25. The molecule has 20 heavy (non-hydrogen) atoms. The van der Waals surface area contributed by atoms with Gasteiger partial charge in [-0.3, -0.25) is 0 Å². The van der Waals surface area contributed by atoms with Gasteiger partial charge < -0.3 is 10.1 Å². The maximum atomic E-state index is 12.3. The monoisotopic (exact) mass is 298 g/mol. The second-order valence-electron chi connectivity index (χ2n) is 5.20. The van der Waals surface area contributed by atoms with Gasteiger partial charge in [0.1, 0.15) is 0 Å². The van der Waals surface area contributed by atoms with Crippen LogP contribution in [-0.4, -0.2) is 34.2 Å². The zero-order valence-corrected chi connectivity index (χ0v) is 12.7. The lowest BCUT2D eigenvalue weighted by Crippen LogP contribution is -2.41. The van der Waals surface area contributed by atoms with Crippen molar-refractivity contribution in [2.45, 2.75) is 43.4 Å². The van der Waals surface area contributed by atoms with Crippen LogP contribution in [-0.2, 0) is 21.3 Å². The average molecular weight is 298 g/mol. The highest BCUT2D eigenvalue weighted by molar-refractivity contribution is 7.89. The number of benzene rings is 1. The van der Waals surface area contributed by atoms with E-state index in [0.29, 0.717) is 11.5 Å². The van der Waals surface area contributed by atoms with Gasteiger partial charge in [-0.05, 0) is 44.5 Å². The summed E-state index contributed by atoms with van der Waals surface area (Å²) in [5.74, 6) is 0. The predicted molar refractivity (Wildman–Crippen MR) is 78.0 cm³/mol. The van der Waals surface area contributed by atoms with E-state index in [1.807, 2.05) is 26.1 Å². The van der Waals surface area contributed by atoms with Crippen LogP contribution in [0.15, 0.2) is 29.2 Å². The molecule has 5 nitrogen and oxygen atoms in total. The molecule has 1 aliphatic rings. The molecule has 0 bridgehead atoms. The van der Waals surface area contributed by atoms with Crippen LogP contribution in [0.5, 0.6) is 0 Å². The smallest absolute Gasteiger partial charge is 0.240 e. The first-order chi connectivity index (χ1) is 9.51. The minimum Gasteiger partial charge on any atom is -0.378 e.